The van der Waals surface area contributed by atoms with E-state index >= 15 is 0 Å². The van der Waals surface area contributed by atoms with E-state index in [0.717, 1.165) is 18.2 Å². The van der Waals surface area contributed by atoms with E-state index in [-0.39, 0.29) is 17.1 Å². The highest BCUT2D eigenvalue weighted by Gasteiger charge is 2.33. The Bertz CT molecular complexity index is 633. The summed E-state index contributed by atoms with van der Waals surface area (Å²) in [5.74, 6) is -1.62. The van der Waals surface area contributed by atoms with Gasteiger partial charge in [-0.3, -0.25) is 4.79 Å². The zero-order chi connectivity index (χ0) is 14.9. The van der Waals surface area contributed by atoms with Crippen LogP contribution in [0.5, 0.6) is 0 Å². The highest BCUT2D eigenvalue weighted by Crippen LogP contribution is 2.27. The van der Waals surface area contributed by atoms with Crippen LogP contribution in [-0.2, 0) is 14.8 Å². The second kappa shape index (κ2) is 5.37. The van der Waals surface area contributed by atoms with Gasteiger partial charge in [0.1, 0.15) is 10.7 Å². The first kappa shape index (κ1) is 14.7. The van der Waals surface area contributed by atoms with Crippen molar-refractivity contribution in [1.82, 2.24) is 4.31 Å². The van der Waals surface area contributed by atoms with E-state index in [2.05, 4.69) is 0 Å². The summed E-state index contributed by atoms with van der Waals surface area (Å²) in [7, 11) is -3.84. The normalized spacial score (nSPS) is 20.8. The topological polar surface area (TPSA) is 106 Å². The number of hydrogen-bond acceptors (Lipinski definition) is 4. The highest BCUT2D eigenvalue weighted by molar-refractivity contribution is 7.89. The number of nitrogens with two attached hydrogens (primary N) is 2. The molecular formula is C12H16FN3O3S. The van der Waals surface area contributed by atoms with Gasteiger partial charge in [-0.25, -0.2) is 12.8 Å². The molecule has 1 atom stereocenters. The molecule has 110 valence electrons. The van der Waals surface area contributed by atoms with Crippen LogP contribution < -0.4 is 11.5 Å². The van der Waals surface area contributed by atoms with Crippen LogP contribution in [0.2, 0.25) is 0 Å². The molecule has 1 aromatic carbocycles. The Kier molecular flexibility index (Phi) is 3.96. The number of anilines is 1. The molecule has 4 N–H and O–H groups in total. The fraction of sp³-hybridized carbons (Fsp3) is 0.417. The zero-order valence-corrected chi connectivity index (χ0v) is 11.6. The maximum absolute atomic E-state index is 13.0. The molecule has 1 saturated heterocycles. The number of carbonyl (C=O) groups is 1. The van der Waals surface area contributed by atoms with E-state index in [1.54, 1.807) is 0 Å². The van der Waals surface area contributed by atoms with Gasteiger partial charge in [-0.15, -0.1) is 0 Å². The van der Waals surface area contributed by atoms with Gasteiger partial charge in [0, 0.05) is 13.1 Å². The van der Waals surface area contributed by atoms with Gasteiger partial charge in [-0.1, -0.05) is 0 Å². The smallest absolute Gasteiger partial charge is 0.245 e. The van der Waals surface area contributed by atoms with Crippen molar-refractivity contribution >= 4 is 21.6 Å². The standard InChI is InChI=1S/C12H16FN3O3S/c13-9-3-4-11(10(14)6-9)20(18,19)16-5-1-2-8(7-16)12(15)17/h3-4,6,8H,1-2,5,7,14H2,(H2,15,17). The highest BCUT2D eigenvalue weighted by atomic mass is 32.2. The van der Waals surface area contributed by atoms with Crippen LogP contribution in [0.25, 0.3) is 0 Å². The third kappa shape index (κ3) is 2.75. The molecule has 0 saturated carbocycles. The minimum absolute atomic E-state index is 0.0362. The van der Waals surface area contributed by atoms with E-state index in [4.69, 9.17) is 11.5 Å². The second-order valence-corrected chi connectivity index (χ2v) is 6.69. The number of primary amides is 1. The number of halogens is 1. The van der Waals surface area contributed by atoms with Crippen molar-refractivity contribution < 1.29 is 17.6 Å². The summed E-state index contributed by atoms with van der Waals surface area (Å²) < 4.78 is 39.1. The molecule has 1 aliphatic rings. The molecule has 0 bridgehead atoms. The van der Waals surface area contributed by atoms with E-state index in [0.29, 0.717) is 19.4 Å². The number of amides is 1. The van der Waals surface area contributed by atoms with Crippen LogP contribution in [-0.4, -0.2) is 31.7 Å². The maximum atomic E-state index is 13.0. The Morgan fingerprint density at radius 2 is 2.10 bits per heavy atom. The van der Waals surface area contributed by atoms with Gasteiger partial charge in [0.25, 0.3) is 0 Å². The first-order valence-electron chi connectivity index (χ1n) is 6.17. The molecular weight excluding hydrogens is 285 g/mol. The lowest BCUT2D eigenvalue weighted by molar-refractivity contribution is -0.122. The number of rotatable bonds is 3. The molecule has 6 nitrogen and oxygen atoms in total. The lowest BCUT2D eigenvalue weighted by Crippen LogP contribution is -2.44. The van der Waals surface area contributed by atoms with Crippen LogP contribution in [0.3, 0.4) is 0 Å². The van der Waals surface area contributed by atoms with Gasteiger partial charge in [0.05, 0.1) is 11.6 Å². The Labute approximate surface area is 116 Å². The number of sulfonamides is 1. The monoisotopic (exact) mass is 301 g/mol. The fourth-order valence-corrected chi connectivity index (χ4v) is 3.91. The van der Waals surface area contributed by atoms with Crippen LogP contribution >= 0.6 is 0 Å². The first-order chi connectivity index (χ1) is 9.32. The summed E-state index contributed by atoms with van der Waals surface area (Å²) in [5, 5.41) is 0. The van der Waals surface area contributed by atoms with Gasteiger partial charge in [0.2, 0.25) is 15.9 Å². The molecule has 1 heterocycles. The van der Waals surface area contributed by atoms with Crippen LogP contribution in [0.1, 0.15) is 12.8 Å². The molecule has 0 aromatic heterocycles. The molecule has 8 heteroatoms. The van der Waals surface area contributed by atoms with E-state index in [9.17, 15) is 17.6 Å². The molecule has 1 aliphatic heterocycles. The van der Waals surface area contributed by atoms with Gasteiger partial charge in [0.15, 0.2) is 0 Å². The van der Waals surface area contributed by atoms with Crippen molar-refractivity contribution in [3.05, 3.63) is 24.0 Å². The maximum Gasteiger partial charge on any atom is 0.245 e. The van der Waals surface area contributed by atoms with E-state index in [1.165, 1.54) is 4.31 Å². The SMILES string of the molecule is NC(=O)C1CCCN(S(=O)(=O)c2ccc(F)cc2N)C1. The molecule has 0 spiro atoms. The largest absolute Gasteiger partial charge is 0.398 e. The van der Waals surface area contributed by atoms with E-state index < -0.39 is 27.7 Å². The molecule has 0 radical (unpaired) electrons. The van der Waals surface area contributed by atoms with Crippen molar-refractivity contribution in [3.8, 4) is 0 Å². The molecule has 1 fully saturated rings. The lowest BCUT2D eigenvalue weighted by atomic mass is 9.99. The fourth-order valence-electron chi connectivity index (χ4n) is 2.29. The summed E-state index contributed by atoms with van der Waals surface area (Å²) in [4.78, 5) is 11.1. The minimum Gasteiger partial charge on any atom is -0.398 e. The summed E-state index contributed by atoms with van der Waals surface area (Å²) in [6, 6.07) is 3.13. The van der Waals surface area contributed by atoms with Crippen LogP contribution in [0.4, 0.5) is 10.1 Å². The minimum atomic E-state index is -3.84. The van der Waals surface area contributed by atoms with Gasteiger partial charge in [-0.2, -0.15) is 4.31 Å². The number of benzene rings is 1. The van der Waals surface area contributed by atoms with E-state index in [1.807, 2.05) is 0 Å². The predicted molar refractivity (Wildman–Crippen MR) is 71.5 cm³/mol. The van der Waals surface area contributed by atoms with Crippen molar-refractivity contribution in [1.29, 1.82) is 0 Å². The number of hydrogen-bond donors (Lipinski definition) is 2. The lowest BCUT2D eigenvalue weighted by Gasteiger charge is -2.30. The Morgan fingerprint density at radius 1 is 1.40 bits per heavy atom. The number of nitrogens with zero attached hydrogens (tertiary/aromatic N) is 1. The van der Waals surface area contributed by atoms with Crippen molar-refractivity contribution in [2.45, 2.75) is 17.7 Å². The van der Waals surface area contributed by atoms with Crippen molar-refractivity contribution in [3.63, 3.8) is 0 Å². The summed E-state index contributed by atoms with van der Waals surface area (Å²) in [6.45, 7) is 0.331. The Hall–Kier alpha value is -1.67. The zero-order valence-electron chi connectivity index (χ0n) is 10.8. The Balaban J connectivity index is 2.32. The van der Waals surface area contributed by atoms with Crippen LogP contribution in [0, 0.1) is 11.7 Å². The first-order valence-corrected chi connectivity index (χ1v) is 7.61. The van der Waals surface area contributed by atoms with Gasteiger partial charge in [-0.05, 0) is 31.0 Å². The summed E-state index contributed by atoms with van der Waals surface area (Å²) in [5.41, 5.74) is 10.7. The number of nitrogen functional groups attached to an aromatic ring is 1. The summed E-state index contributed by atoms with van der Waals surface area (Å²) >= 11 is 0. The predicted octanol–water partition coefficient (Wildman–Crippen LogP) is 0.294. The number of carbonyl (C=O) groups excluding carboxylic acids is 1. The molecule has 1 unspecified atom stereocenters. The molecule has 1 aromatic rings. The quantitative estimate of drug-likeness (QED) is 0.783. The third-order valence-corrected chi connectivity index (χ3v) is 5.32. The molecule has 0 aliphatic carbocycles. The average molecular weight is 301 g/mol. The Morgan fingerprint density at radius 3 is 2.70 bits per heavy atom. The molecule has 2 rings (SSSR count). The van der Waals surface area contributed by atoms with Crippen molar-refractivity contribution in [2.24, 2.45) is 11.7 Å². The average Bonchev–Trinajstić information content (AvgIpc) is 2.38. The number of piperidine rings is 1. The van der Waals surface area contributed by atoms with Gasteiger partial charge < -0.3 is 11.5 Å². The second-order valence-electron chi connectivity index (χ2n) is 4.79. The molecule has 1 amide bonds. The van der Waals surface area contributed by atoms with Crippen molar-refractivity contribution in [2.75, 3.05) is 18.8 Å². The summed E-state index contributed by atoms with van der Waals surface area (Å²) in [6.07, 6.45) is 1.12. The van der Waals surface area contributed by atoms with Gasteiger partial charge >= 0.3 is 0 Å². The third-order valence-electron chi connectivity index (χ3n) is 3.38. The molecule has 20 heavy (non-hydrogen) atoms. The van der Waals surface area contributed by atoms with Crippen LogP contribution in [0.15, 0.2) is 23.1 Å².